The Hall–Kier alpha value is -2.63. The van der Waals surface area contributed by atoms with E-state index in [0.717, 1.165) is 12.8 Å². The fourth-order valence-electron chi connectivity index (χ4n) is 2.73. The van der Waals surface area contributed by atoms with Crippen LogP contribution >= 0.6 is 0 Å². The van der Waals surface area contributed by atoms with E-state index in [1.54, 1.807) is 17.9 Å². The highest BCUT2D eigenvalue weighted by atomic mass is 16.5. The van der Waals surface area contributed by atoms with Crippen LogP contribution in [0.3, 0.4) is 0 Å². The summed E-state index contributed by atoms with van der Waals surface area (Å²) in [6.45, 7) is 3.27. The van der Waals surface area contributed by atoms with Crippen LogP contribution in [0.15, 0.2) is 40.9 Å². The third-order valence-corrected chi connectivity index (χ3v) is 4.17. The zero-order chi connectivity index (χ0) is 16.9. The molecule has 2 amide bonds. The van der Waals surface area contributed by atoms with Crippen LogP contribution in [0.1, 0.15) is 28.2 Å². The van der Waals surface area contributed by atoms with Crippen molar-refractivity contribution in [3.05, 3.63) is 53.4 Å². The molecule has 0 unspecified atom stereocenters. The second-order valence-corrected chi connectivity index (χ2v) is 6.11. The lowest BCUT2D eigenvalue weighted by Crippen LogP contribution is -2.55. The van der Waals surface area contributed by atoms with Gasteiger partial charge in [-0.3, -0.25) is 9.59 Å². The molecule has 1 fully saturated rings. The molecule has 2 heterocycles. The molecule has 1 aromatic carbocycles. The van der Waals surface area contributed by atoms with Crippen molar-refractivity contribution in [3.8, 4) is 0 Å². The first kappa shape index (κ1) is 16.2. The number of benzene rings is 1. The number of aryl methyl sites for hydroxylation is 2. The van der Waals surface area contributed by atoms with E-state index in [4.69, 9.17) is 4.52 Å². The van der Waals surface area contributed by atoms with Gasteiger partial charge in [0.2, 0.25) is 5.91 Å². The first-order valence-corrected chi connectivity index (χ1v) is 8.17. The summed E-state index contributed by atoms with van der Waals surface area (Å²) in [4.78, 5) is 25.8. The van der Waals surface area contributed by atoms with Gasteiger partial charge < -0.3 is 14.7 Å². The number of nitrogens with zero attached hydrogens (tertiary/aromatic N) is 2. The lowest BCUT2D eigenvalue weighted by atomic mass is 9.98. The summed E-state index contributed by atoms with van der Waals surface area (Å²) in [5.41, 5.74) is 1.57. The maximum Gasteiger partial charge on any atom is 0.276 e. The van der Waals surface area contributed by atoms with Gasteiger partial charge in [-0.05, 0) is 25.3 Å². The number of hydrogen-bond donors (Lipinski definition) is 1. The summed E-state index contributed by atoms with van der Waals surface area (Å²) in [7, 11) is 0. The number of likely N-dealkylation sites (tertiary alicyclic amines) is 1. The fourth-order valence-corrected chi connectivity index (χ4v) is 2.73. The second kappa shape index (κ2) is 7.29. The van der Waals surface area contributed by atoms with Crippen LogP contribution in [-0.4, -0.2) is 41.5 Å². The van der Waals surface area contributed by atoms with Crippen molar-refractivity contribution >= 4 is 11.8 Å². The summed E-state index contributed by atoms with van der Waals surface area (Å²) in [6, 6.07) is 11.8. The third kappa shape index (κ3) is 3.82. The number of rotatable bonds is 6. The van der Waals surface area contributed by atoms with Crippen LogP contribution in [0.25, 0.3) is 0 Å². The van der Waals surface area contributed by atoms with Crippen molar-refractivity contribution in [3.63, 3.8) is 0 Å². The molecule has 1 aromatic heterocycles. The largest absolute Gasteiger partial charge is 0.361 e. The summed E-state index contributed by atoms with van der Waals surface area (Å²) in [6.07, 6.45) is 1.85. The van der Waals surface area contributed by atoms with E-state index in [1.165, 1.54) is 5.56 Å². The van der Waals surface area contributed by atoms with Crippen molar-refractivity contribution in [1.82, 2.24) is 15.4 Å². The van der Waals surface area contributed by atoms with E-state index in [1.807, 2.05) is 18.2 Å². The fraction of sp³-hybridized carbons (Fsp3) is 0.389. The molecule has 0 spiro atoms. The lowest BCUT2D eigenvalue weighted by molar-refractivity contribution is -0.128. The van der Waals surface area contributed by atoms with Gasteiger partial charge in [0.15, 0.2) is 5.69 Å². The second-order valence-electron chi connectivity index (χ2n) is 6.11. The number of carbonyl (C=O) groups excluding carboxylic acids is 2. The summed E-state index contributed by atoms with van der Waals surface area (Å²) < 4.78 is 4.90. The summed E-state index contributed by atoms with van der Waals surface area (Å²) >= 11 is 0. The van der Waals surface area contributed by atoms with Crippen molar-refractivity contribution in [1.29, 1.82) is 0 Å². The smallest absolute Gasteiger partial charge is 0.276 e. The molecule has 126 valence electrons. The molecule has 6 nitrogen and oxygen atoms in total. The minimum atomic E-state index is -0.181. The van der Waals surface area contributed by atoms with Gasteiger partial charge in [-0.15, -0.1) is 0 Å². The molecule has 3 rings (SSSR count). The Bertz CT molecular complexity index is 705. The van der Waals surface area contributed by atoms with Gasteiger partial charge >= 0.3 is 0 Å². The molecule has 2 aromatic rings. The predicted octanol–water partition coefficient (Wildman–Crippen LogP) is 1.80. The predicted molar refractivity (Wildman–Crippen MR) is 88.4 cm³/mol. The molecule has 1 aliphatic rings. The number of carbonyl (C=O) groups is 2. The van der Waals surface area contributed by atoms with Gasteiger partial charge in [-0.2, -0.15) is 0 Å². The molecule has 0 radical (unpaired) electrons. The van der Waals surface area contributed by atoms with Gasteiger partial charge in [-0.25, -0.2) is 0 Å². The molecule has 6 heteroatoms. The quantitative estimate of drug-likeness (QED) is 0.821. The van der Waals surface area contributed by atoms with E-state index >= 15 is 0 Å². The highest BCUT2D eigenvalue weighted by Crippen LogP contribution is 2.18. The standard InChI is InChI=1S/C18H21N3O3/c1-13-10-16(20-24-13)18(23)21-11-15(12-21)17(22)19-9-5-8-14-6-3-2-4-7-14/h2-4,6-7,10,15H,5,8-9,11-12H2,1H3,(H,19,22). The van der Waals surface area contributed by atoms with E-state index in [2.05, 4.69) is 22.6 Å². The Kier molecular flexibility index (Phi) is 4.93. The average Bonchev–Trinajstić information content (AvgIpc) is 2.97. The van der Waals surface area contributed by atoms with Crippen LogP contribution < -0.4 is 5.32 Å². The normalized spacial score (nSPS) is 14.3. The molecule has 24 heavy (non-hydrogen) atoms. The molecular weight excluding hydrogens is 306 g/mol. The van der Waals surface area contributed by atoms with Gasteiger partial charge in [0, 0.05) is 25.7 Å². The summed E-state index contributed by atoms with van der Waals surface area (Å²) in [5.74, 6) is 0.314. The van der Waals surface area contributed by atoms with Crippen molar-refractivity contribution in [2.24, 2.45) is 5.92 Å². The zero-order valence-corrected chi connectivity index (χ0v) is 13.7. The first-order valence-electron chi connectivity index (χ1n) is 8.17. The monoisotopic (exact) mass is 327 g/mol. The number of hydrogen-bond acceptors (Lipinski definition) is 4. The highest BCUT2D eigenvalue weighted by Gasteiger charge is 2.36. The third-order valence-electron chi connectivity index (χ3n) is 4.17. The van der Waals surface area contributed by atoms with Gasteiger partial charge in [0.05, 0.1) is 5.92 Å². The molecule has 0 atom stereocenters. The van der Waals surface area contributed by atoms with Crippen molar-refractivity contribution in [2.75, 3.05) is 19.6 Å². The topological polar surface area (TPSA) is 75.4 Å². The molecule has 1 N–H and O–H groups in total. The van der Waals surface area contributed by atoms with E-state index in [9.17, 15) is 9.59 Å². The zero-order valence-electron chi connectivity index (χ0n) is 13.7. The molecule has 0 bridgehead atoms. The maximum atomic E-state index is 12.1. The van der Waals surface area contributed by atoms with Crippen LogP contribution in [0.5, 0.6) is 0 Å². The Morgan fingerprint density at radius 1 is 1.29 bits per heavy atom. The maximum absolute atomic E-state index is 12.1. The van der Waals surface area contributed by atoms with E-state index in [0.29, 0.717) is 31.1 Å². The SMILES string of the molecule is Cc1cc(C(=O)N2CC(C(=O)NCCCc3ccccc3)C2)no1. The first-order chi connectivity index (χ1) is 11.6. The van der Waals surface area contributed by atoms with Gasteiger partial charge in [0.1, 0.15) is 5.76 Å². The minimum absolute atomic E-state index is 0.0171. The van der Waals surface area contributed by atoms with Gasteiger partial charge in [-0.1, -0.05) is 35.5 Å². The van der Waals surface area contributed by atoms with Crippen LogP contribution in [0.4, 0.5) is 0 Å². The molecule has 0 saturated carbocycles. The molecular formula is C18H21N3O3. The van der Waals surface area contributed by atoms with Gasteiger partial charge in [0.25, 0.3) is 5.91 Å². The minimum Gasteiger partial charge on any atom is -0.361 e. The average molecular weight is 327 g/mol. The molecule has 1 saturated heterocycles. The van der Waals surface area contributed by atoms with Crippen molar-refractivity contribution in [2.45, 2.75) is 19.8 Å². The van der Waals surface area contributed by atoms with E-state index < -0.39 is 0 Å². The Balaban J connectivity index is 1.35. The van der Waals surface area contributed by atoms with Crippen molar-refractivity contribution < 1.29 is 14.1 Å². The molecule has 0 aliphatic carbocycles. The van der Waals surface area contributed by atoms with Crippen LogP contribution in [-0.2, 0) is 11.2 Å². The molecule has 1 aliphatic heterocycles. The number of aromatic nitrogens is 1. The Morgan fingerprint density at radius 2 is 2.04 bits per heavy atom. The van der Waals surface area contributed by atoms with Crippen LogP contribution in [0.2, 0.25) is 0 Å². The van der Waals surface area contributed by atoms with Crippen LogP contribution in [0, 0.1) is 12.8 Å². The Labute approximate surface area is 140 Å². The summed E-state index contributed by atoms with van der Waals surface area (Å²) in [5, 5.41) is 6.66. The Morgan fingerprint density at radius 3 is 2.71 bits per heavy atom. The lowest BCUT2D eigenvalue weighted by Gasteiger charge is -2.37. The number of amides is 2. The highest BCUT2D eigenvalue weighted by molar-refractivity contribution is 5.94. The number of nitrogens with one attached hydrogen (secondary N) is 1. The van der Waals surface area contributed by atoms with E-state index in [-0.39, 0.29) is 17.7 Å².